The van der Waals surface area contributed by atoms with Gasteiger partial charge in [0.15, 0.2) is 5.78 Å². The summed E-state index contributed by atoms with van der Waals surface area (Å²) < 4.78 is 5.51. The molecule has 2 rings (SSSR count). The van der Waals surface area contributed by atoms with E-state index in [-0.39, 0.29) is 29.9 Å². The van der Waals surface area contributed by atoms with Gasteiger partial charge in [-0.3, -0.25) is 9.59 Å². The molecule has 5 heteroatoms. The fourth-order valence-electron chi connectivity index (χ4n) is 2.20. The molecule has 0 bridgehead atoms. The molecule has 19 heavy (non-hydrogen) atoms. The van der Waals surface area contributed by atoms with Crippen LogP contribution in [0.3, 0.4) is 0 Å². The number of rotatable bonds is 5. The highest BCUT2D eigenvalue weighted by atomic mass is 32.1. The Morgan fingerprint density at radius 1 is 1.53 bits per heavy atom. The van der Waals surface area contributed by atoms with E-state index in [2.05, 4.69) is 5.32 Å². The molecule has 2 heterocycles. The number of ketones is 1. The summed E-state index contributed by atoms with van der Waals surface area (Å²) in [5.74, 6) is -0.0284. The second-order valence-electron chi connectivity index (χ2n) is 5.03. The first kappa shape index (κ1) is 14.2. The zero-order chi connectivity index (χ0) is 13.8. The summed E-state index contributed by atoms with van der Waals surface area (Å²) in [5, 5.41) is 4.73. The van der Waals surface area contributed by atoms with Crippen LogP contribution in [0.1, 0.15) is 42.8 Å². The van der Waals surface area contributed by atoms with E-state index in [0.29, 0.717) is 6.42 Å². The summed E-state index contributed by atoms with van der Waals surface area (Å²) in [6.07, 6.45) is 1.81. The number of hydrogen-bond donors (Lipinski definition) is 1. The van der Waals surface area contributed by atoms with Gasteiger partial charge in [-0.05, 0) is 38.1 Å². The molecule has 1 aliphatic rings. The van der Waals surface area contributed by atoms with E-state index < -0.39 is 0 Å². The number of Topliss-reactive ketones (excluding diaryl/α,β-unsaturated/α-hetero) is 1. The Labute approximate surface area is 117 Å². The molecule has 0 aromatic carbocycles. The van der Waals surface area contributed by atoms with Crippen molar-refractivity contribution in [3.8, 4) is 0 Å². The second-order valence-corrected chi connectivity index (χ2v) is 5.97. The highest BCUT2D eigenvalue weighted by Gasteiger charge is 2.29. The van der Waals surface area contributed by atoms with Gasteiger partial charge < -0.3 is 10.1 Å². The van der Waals surface area contributed by atoms with Gasteiger partial charge in [0.2, 0.25) is 5.91 Å². The molecule has 0 radical (unpaired) electrons. The number of ether oxygens (including phenoxy) is 1. The molecule has 3 atom stereocenters. The monoisotopic (exact) mass is 281 g/mol. The number of hydrogen-bond acceptors (Lipinski definition) is 4. The minimum Gasteiger partial charge on any atom is -0.365 e. The van der Waals surface area contributed by atoms with Crippen LogP contribution in [0.4, 0.5) is 0 Å². The Balaban J connectivity index is 1.79. The first-order valence-corrected chi connectivity index (χ1v) is 7.46. The van der Waals surface area contributed by atoms with E-state index in [9.17, 15) is 9.59 Å². The smallest absolute Gasteiger partial charge is 0.249 e. The van der Waals surface area contributed by atoms with Crippen LogP contribution in [0.15, 0.2) is 17.5 Å². The minimum absolute atomic E-state index is 0.0727. The fourth-order valence-corrected chi connectivity index (χ4v) is 2.87. The molecule has 1 aliphatic heterocycles. The van der Waals surface area contributed by atoms with Crippen LogP contribution in [0.25, 0.3) is 0 Å². The van der Waals surface area contributed by atoms with Gasteiger partial charge in [-0.25, -0.2) is 0 Å². The van der Waals surface area contributed by atoms with Crippen LogP contribution in [0.5, 0.6) is 0 Å². The van der Waals surface area contributed by atoms with Gasteiger partial charge in [0.1, 0.15) is 6.10 Å². The van der Waals surface area contributed by atoms with E-state index in [1.807, 2.05) is 31.4 Å². The average molecular weight is 281 g/mol. The van der Waals surface area contributed by atoms with Crippen LogP contribution in [-0.4, -0.2) is 29.9 Å². The first-order chi connectivity index (χ1) is 9.06. The molecule has 1 fully saturated rings. The number of nitrogens with one attached hydrogen (secondary N) is 1. The highest BCUT2D eigenvalue weighted by Crippen LogP contribution is 2.19. The molecule has 0 spiro atoms. The van der Waals surface area contributed by atoms with Crippen molar-refractivity contribution in [3.63, 3.8) is 0 Å². The molecule has 1 saturated heterocycles. The van der Waals surface area contributed by atoms with E-state index in [4.69, 9.17) is 4.74 Å². The summed E-state index contributed by atoms with van der Waals surface area (Å²) in [4.78, 5) is 24.6. The number of carbonyl (C=O) groups excluding carboxylic acids is 2. The summed E-state index contributed by atoms with van der Waals surface area (Å²) in [5.41, 5.74) is 0. The normalized spacial score (nSPS) is 24.1. The van der Waals surface area contributed by atoms with Gasteiger partial charge in [0.05, 0.1) is 11.0 Å². The molecule has 0 aliphatic carbocycles. The molecule has 1 aromatic heterocycles. The van der Waals surface area contributed by atoms with Crippen LogP contribution in [-0.2, 0) is 9.53 Å². The summed E-state index contributed by atoms with van der Waals surface area (Å²) in [6, 6.07) is 3.50. The largest absolute Gasteiger partial charge is 0.365 e. The number of carbonyl (C=O) groups is 2. The zero-order valence-electron chi connectivity index (χ0n) is 11.2. The van der Waals surface area contributed by atoms with Gasteiger partial charge in [-0.15, -0.1) is 11.3 Å². The molecular weight excluding hydrogens is 262 g/mol. The molecule has 1 aromatic rings. The Morgan fingerprint density at radius 3 is 2.89 bits per heavy atom. The van der Waals surface area contributed by atoms with E-state index in [1.54, 1.807) is 0 Å². The molecule has 1 amide bonds. The van der Waals surface area contributed by atoms with Crippen LogP contribution >= 0.6 is 11.3 Å². The molecular formula is C14H19NO3S. The standard InChI is InChI=1S/C14H19NO3S/c1-9(8-11(16)13-4-3-7-19-13)15-14(17)12-6-5-10(2)18-12/h3-4,7,9-10,12H,5-6,8H2,1-2H3,(H,15,17). The van der Waals surface area contributed by atoms with Gasteiger partial charge in [-0.1, -0.05) is 6.07 Å². The van der Waals surface area contributed by atoms with E-state index >= 15 is 0 Å². The van der Waals surface area contributed by atoms with Crippen LogP contribution in [0.2, 0.25) is 0 Å². The Kier molecular flexibility index (Phi) is 4.71. The SMILES string of the molecule is CC(CC(=O)c1cccs1)NC(=O)C1CCC(C)O1. The Bertz CT molecular complexity index is 444. The van der Waals surface area contributed by atoms with Crippen molar-refractivity contribution < 1.29 is 14.3 Å². The second kappa shape index (κ2) is 6.30. The fraction of sp³-hybridized carbons (Fsp3) is 0.571. The van der Waals surface area contributed by atoms with Crippen molar-refractivity contribution in [2.75, 3.05) is 0 Å². The quantitative estimate of drug-likeness (QED) is 0.843. The molecule has 104 valence electrons. The molecule has 0 saturated carbocycles. The van der Waals surface area contributed by atoms with Gasteiger partial charge in [-0.2, -0.15) is 0 Å². The molecule has 4 nitrogen and oxygen atoms in total. The maximum Gasteiger partial charge on any atom is 0.249 e. The van der Waals surface area contributed by atoms with Crippen molar-refractivity contribution >= 4 is 23.0 Å². The third-order valence-electron chi connectivity index (χ3n) is 3.20. The van der Waals surface area contributed by atoms with Crippen molar-refractivity contribution in [1.29, 1.82) is 0 Å². The lowest BCUT2D eigenvalue weighted by molar-refractivity contribution is -0.132. The maximum atomic E-state index is 11.9. The lowest BCUT2D eigenvalue weighted by Crippen LogP contribution is -2.40. The van der Waals surface area contributed by atoms with E-state index in [1.165, 1.54) is 11.3 Å². The summed E-state index contributed by atoms with van der Waals surface area (Å²) >= 11 is 1.43. The Morgan fingerprint density at radius 2 is 2.32 bits per heavy atom. The average Bonchev–Trinajstić information content (AvgIpc) is 2.98. The van der Waals surface area contributed by atoms with Crippen molar-refractivity contribution in [2.45, 2.75) is 51.4 Å². The summed E-state index contributed by atoms with van der Waals surface area (Å²) in [7, 11) is 0. The third-order valence-corrected chi connectivity index (χ3v) is 4.11. The first-order valence-electron chi connectivity index (χ1n) is 6.59. The predicted molar refractivity (Wildman–Crippen MR) is 74.4 cm³/mol. The lowest BCUT2D eigenvalue weighted by Gasteiger charge is -2.16. The number of amides is 1. The lowest BCUT2D eigenvalue weighted by atomic mass is 10.1. The van der Waals surface area contributed by atoms with Crippen molar-refractivity contribution in [3.05, 3.63) is 22.4 Å². The Hall–Kier alpha value is -1.20. The number of thiophene rings is 1. The van der Waals surface area contributed by atoms with Crippen molar-refractivity contribution in [1.82, 2.24) is 5.32 Å². The van der Waals surface area contributed by atoms with Crippen molar-refractivity contribution in [2.24, 2.45) is 0 Å². The van der Waals surface area contributed by atoms with Gasteiger partial charge in [0, 0.05) is 12.5 Å². The summed E-state index contributed by atoms with van der Waals surface area (Å²) in [6.45, 7) is 3.82. The van der Waals surface area contributed by atoms with Gasteiger partial charge >= 0.3 is 0 Å². The van der Waals surface area contributed by atoms with E-state index in [0.717, 1.165) is 17.7 Å². The van der Waals surface area contributed by atoms with Crippen LogP contribution < -0.4 is 5.32 Å². The topological polar surface area (TPSA) is 55.4 Å². The van der Waals surface area contributed by atoms with Crippen LogP contribution in [0, 0.1) is 0 Å². The minimum atomic E-state index is -0.353. The highest BCUT2D eigenvalue weighted by molar-refractivity contribution is 7.12. The maximum absolute atomic E-state index is 11.9. The van der Waals surface area contributed by atoms with Gasteiger partial charge in [0.25, 0.3) is 0 Å². The predicted octanol–water partition coefficient (Wildman–Crippen LogP) is 2.39. The zero-order valence-corrected chi connectivity index (χ0v) is 12.0. The third kappa shape index (κ3) is 3.88. The molecule has 3 unspecified atom stereocenters. The molecule has 1 N–H and O–H groups in total.